The molecule has 6 nitrogen and oxygen atoms in total. The van der Waals surface area contributed by atoms with Gasteiger partial charge in [0.1, 0.15) is 0 Å². The molecule has 0 saturated heterocycles. The lowest BCUT2D eigenvalue weighted by Gasteiger charge is -2.02. The maximum Gasteiger partial charge on any atom is 0.296 e. The quantitative estimate of drug-likeness (QED) is 0.612. The van der Waals surface area contributed by atoms with E-state index in [0.29, 0.717) is 0 Å². The van der Waals surface area contributed by atoms with Crippen molar-refractivity contribution >= 4 is 20.2 Å². The smallest absolute Gasteiger partial charge is 0.282 e. The Bertz CT molecular complexity index is 557. The van der Waals surface area contributed by atoms with Gasteiger partial charge in [0.2, 0.25) is 0 Å². The highest BCUT2D eigenvalue weighted by atomic mass is 32.2. The summed E-state index contributed by atoms with van der Waals surface area (Å²) >= 11 is 0. The van der Waals surface area contributed by atoms with Gasteiger partial charge in [0, 0.05) is 0 Å². The Labute approximate surface area is 87.4 Å². The summed E-state index contributed by atoms with van der Waals surface area (Å²) in [7, 11) is -7.42. The predicted molar refractivity (Wildman–Crippen MR) is 50.5 cm³/mol. The predicted octanol–water partition coefficient (Wildman–Crippen LogP) is 0.268. The van der Waals surface area contributed by atoms with E-state index in [9.17, 15) is 16.8 Å². The van der Waals surface area contributed by atoms with Crippen molar-refractivity contribution in [3.8, 4) is 0 Å². The van der Waals surface area contributed by atoms with Gasteiger partial charge >= 0.3 is 0 Å². The van der Waals surface area contributed by atoms with Gasteiger partial charge in [-0.2, -0.15) is 16.8 Å². The van der Waals surface area contributed by atoms with Crippen LogP contribution in [0.4, 0.5) is 0 Å². The van der Waals surface area contributed by atoms with Gasteiger partial charge < -0.3 is 0 Å². The third-order valence-corrected chi connectivity index (χ3v) is 3.73. The van der Waals surface area contributed by atoms with Crippen LogP contribution in [0.1, 0.15) is 0 Å². The molecule has 1 aromatic rings. The van der Waals surface area contributed by atoms with Crippen LogP contribution in [0, 0.1) is 0 Å². The molecule has 0 bridgehead atoms. The molecule has 84 valence electrons. The van der Waals surface area contributed by atoms with Crippen molar-refractivity contribution < 1.29 is 25.6 Å². The number of hydrogen-bond acceptors (Lipinski definition) is 5. The van der Waals surface area contributed by atoms with Crippen LogP contribution in [0.3, 0.4) is 0 Å². The third kappa shape index (κ3) is 2.75. The minimum absolute atomic E-state index is 0.333. The lowest BCUT2D eigenvalue weighted by Crippen LogP contribution is -2.05. The van der Waals surface area contributed by atoms with Crippen molar-refractivity contribution in [1.82, 2.24) is 0 Å². The molecule has 8 heteroatoms. The molecule has 1 N–H and O–H groups in total. The van der Waals surface area contributed by atoms with E-state index in [2.05, 4.69) is 4.18 Å². The summed E-state index contributed by atoms with van der Waals surface area (Å²) in [6.45, 7) is 0. The second-order valence-electron chi connectivity index (χ2n) is 2.57. The van der Waals surface area contributed by atoms with Gasteiger partial charge in [-0.1, -0.05) is 6.07 Å². The van der Waals surface area contributed by atoms with Crippen molar-refractivity contribution in [3.05, 3.63) is 24.3 Å². The molecule has 0 atom stereocenters. The molecule has 0 aliphatic heterocycles. The second-order valence-corrected chi connectivity index (χ2v) is 5.71. The minimum atomic E-state index is -4.41. The Morgan fingerprint density at radius 2 is 1.67 bits per heavy atom. The molecule has 1 aromatic carbocycles. The first-order chi connectivity index (χ1) is 6.77. The fourth-order valence-electron chi connectivity index (χ4n) is 0.886. The highest BCUT2D eigenvalue weighted by Gasteiger charge is 2.17. The molecule has 0 saturated carbocycles. The van der Waals surface area contributed by atoms with Gasteiger partial charge in [-0.3, -0.25) is 8.74 Å². The standard InChI is InChI=1S/C7H8O6S2/c1-13-15(11,12)7-4-2-3-6(5-7)14(8,9)10/h2-5H,1H3,(H,8,9,10). The van der Waals surface area contributed by atoms with Crippen LogP contribution >= 0.6 is 0 Å². The molecule has 0 spiro atoms. The summed E-state index contributed by atoms with van der Waals surface area (Å²) < 4.78 is 56.7. The highest BCUT2D eigenvalue weighted by molar-refractivity contribution is 7.87. The Morgan fingerprint density at radius 3 is 2.13 bits per heavy atom. The molecule has 0 aliphatic rings. The first kappa shape index (κ1) is 12.1. The van der Waals surface area contributed by atoms with E-state index in [4.69, 9.17) is 4.55 Å². The number of rotatable bonds is 3. The first-order valence-electron chi connectivity index (χ1n) is 3.65. The summed E-state index contributed by atoms with van der Waals surface area (Å²) in [5, 5.41) is 0. The molecular weight excluding hydrogens is 244 g/mol. The number of benzene rings is 1. The summed E-state index contributed by atoms with van der Waals surface area (Å²) in [6.07, 6.45) is 0. The van der Waals surface area contributed by atoms with Crippen molar-refractivity contribution in [2.45, 2.75) is 9.79 Å². The lowest BCUT2D eigenvalue weighted by molar-refractivity contribution is 0.397. The van der Waals surface area contributed by atoms with Gasteiger partial charge in [0.15, 0.2) is 0 Å². The van der Waals surface area contributed by atoms with Crippen LogP contribution in [0.2, 0.25) is 0 Å². The molecule has 0 radical (unpaired) electrons. The zero-order chi connectivity index (χ0) is 11.7. The SMILES string of the molecule is COS(=O)(=O)c1cccc(S(=O)(=O)O)c1. The zero-order valence-electron chi connectivity index (χ0n) is 7.61. The fourth-order valence-corrected chi connectivity index (χ4v) is 2.20. The van der Waals surface area contributed by atoms with Crippen molar-refractivity contribution in [1.29, 1.82) is 0 Å². The van der Waals surface area contributed by atoms with Gasteiger partial charge in [-0.05, 0) is 18.2 Å². The Hall–Kier alpha value is -0.960. The van der Waals surface area contributed by atoms with E-state index >= 15 is 0 Å². The largest absolute Gasteiger partial charge is 0.296 e. The van der Waals surface area contributed by atoms with Crippen molar-refractivity contribution in [2.75, 3.05) is 7.11 Å². The summed E-state index contributed by atoms with van der Waals surface area (Å²) in [4.78, 5) is -0.833. The van der Waals surface area contributed by atoms with Crippen LogP contribution in [0.5, 0.6) is 0 Å². The van der Waals surface area contributed by atoms with Gasteiger partial charge in [-0.25, -0.2) is 0 Å². The average Bonchev–Trinajstić information content (AvgIpc) is 2.17. The highest BCUT2D eigenvalue weighted by Crippen LogP contribution is 2.16. The Kier molecular flexibility index (Phi) is 3.14. The average molecular weight is 252 g/mol. The number of hydrogen-bond donors (Lipinski definition) is 1. The molecule has 0 aliphatic carbocycles. The summed E-state index contributed by atoms with van der Waals surface area (Å²) in [6, 6.07) is 4.24. The maximum absolute atomic E-state index is 11.2. The van der Waals surface area contributed by atoms with Crippen molar-refractivity contribution in [3.63, 3.8) is 0 Å². The fraction of sp³-hybridized carbons (Fsp3) is 0.143. The van der Waals surface area contributed by atoms with E-state index in [0.717, 1.165) is 25.3 Å². The Balaban J connectivity index is 3.39. The molecular formula is C7H8O6S2. The van der Waals surface area contributed by atoms with Gasteiger partial charge in [-0.15, -0.1) is 0 Å². The van der Waals surface area contributed by atoms with E-state index in [1.807, 2.05) is 0 Å². The molecule has 1 rings (SSSR count). The van der Waals surface area contributed by atoms with Gasteiger partial charge in [0.05, 0.1) is 16.9 Å². The molecule has 0 amide bonds. The summed E-state index contributed by atoms with van der Waals surface area (Å²) in [5.74, 6) is 0. The molecule has 0 unspecified atom stereocenters. The minimum Gasteiger partial charge on any atom is -0.282 e. The van der Waals surface area contributed by atoms with Crippen LogP contribution in [0.15, 0.2) is 34.1 Å². The first-order valence-corrected chi connectivity index (χ1v) is 6.50. The van der Waals surface area contributed by atoms with E-state index < -0.39 is 25.1 Å². The van der Waals surface area contributed by atoms with E-state index in [1.54, 1.807) is 0 Å². The van der Waals surface area contributed by atoms with Crippen LogP contribution in [0.25, 0.3) is 0 Å². The lowest BCUT2D eigenvalue weighted by atomic mass is 10.4. The molecule has 15 heavy (non-hydrogen) atoms. The van der Waals surface area contributed by atoms with Gasteiger partial charge in [0.25, 0.3) is 20.2 Å². The summed E-state index contributed by atoms with van der Waals surface area (Å²) in [5.41, 5.74) is 0. The van der Waals surface area contributed by atoms with Crippen molar-refractivity contribution in [2.24, 2.45) is 0 Å². The molecule has 0 heterocycles. The van der Waals surface area contributed by atoms with Crippen LogP contribution in [-0.4, -0.2) is 28.5 Å². The zero-order valence-corrected chi connectivity index (χ0v) is 9.25. The molecule has 0 fully saturated rings. The second kappa shape index (κ2) is 3.89. The molecule has 0 aromatic heterocycles. The topological polar surface area (TPSA) is 97.7 Å². The van der Waals surface area contributed by atoms with Crippen LogP contribution < -0.4 is 0 Å². The van der Waals surface area contributed by atoms with E-state index in [-0.39, 0.29) is 4.90 Å². The monoisotopic (exact) mass is 252 g/mol. The normalized spacial score (nSPS) is 12.7. The maximum atomic E-state index is 11.2. The Morgan fingerprint density at radius 1 is 1.13 bits per heavy atom. The third-order valence-electron chi connectivity index (χ3n) is 1.61. The van der Waals surface area contributed by atoms with Crippen LogP contribution in [-0.2, 0) is 24.4 Å². The van der Waals surface area contributed by atoms with E-state index in [1.165, 1.54) is 6.07 Å².